The van der Waals surface area contributed by atoms with E-state index in [0.29, 0.717) is 17.9 Å². The molecule has 1 unspecified atom stereocenters. The van der Waals surface area contributed by atoms with Crippen molar-refractivity contribution < 1.29 is 19.4 Å². The third kappa shape index (κ3) is 1.28. The Morgan fingerprint density at radius 2 is 2.26 bits per heavy atom. The molecule has 4 aliphatic rings. The van der Waals surface area contributed by atoms with Gasteiger partial charge in [-0.25, -0.2) is 0 Å². The first-order valence-corrected chi connectivity index (χ1v) is 8.05. The van der Waals surface area contributed by atoms with Gasteiger partial charge in [-0.05, 0) is 50.2 Å². The molecule has 120 valence electrons. The van der Waals surface area contributed by atoms with Gasteiger partial charge >= 0.3 is 0 Å². The van der Waals surface area contributed by atoms with E-state index in [2.05, 4.69) is 11.0 Å². The van der Waals surface area contributed by atoms with Crippen molar-refractivity contribution in [3.05, 3.63) is 35.4 Å². The molecule has 0 aromatic heterocycles. The summed E-state index contributed by atoms with van der Waals surface area (Å²) in [6, 6.07) is 3.92. The van der Waals surface area contributed by atoms with Crippen LogP contribution in [0.15, 0.2) is 24.3 Å². The van der Waals surface area contributed by atoms with Gasteiger partial charge in [0.15, 0.2) is 23.4 Å². The van der Waals surface area contributed by atoms with Crippen LogP contribution < -0.4 is 9.47 Å². The third-order valence-electron chi connectivity index (χ3n) is 6.34. The van der Waals surface area contributed by atoms with Gasteiger partial charge in [-0.2, -0.15) is 0 Å². The number of likely N-dealkylation sites (N-methyl/N-ethyl adjacent to an activating group) is 1. The van der Waals surface area contributed by atoms with Gasteiger partial charge in [0, 0.05) is 11.6 Å². The molecule has 1 spiro atoms. The third-order valence-corrected chi connectivity index (χ3v) is 6.34. The van der Waals surface area contributed by atoms with Crippen LogP contribution in [0.25, 0.3) is 0 Å². The Morgan fingerprint density at radius 1 is 1.43 bits per heavy atom. The molecule has 5 heteroatoms. The van der Waals surface area contributed by atoms with Gasteiger partial charge in [0.1, 0.15) is 5.60 Å². The normalized spacial score (nSPS) is 39.9. The van der Waals surface area contributed by atoms with E-state index in [4.69, 9.17) is 9.47 Å². The lowest BCUT2D eigenvalue weighted by Crippen LogP contribution is -2.74. The zero-order valence-electron chi connectivity index (χ0n) is 13.2. The van der Waals surface area contributed by atoms with E-state index in [1.54, 1.807) is 13.2 Å². The summed E-state index contributed by atoms with van der Waals surface area (Å²) in [5.74, 6) is 1.22. The molecule has 1 fully saturated rings. The van der Waals surface area contributed by atoms with Crippen molar-refractivity contribution in [2.24, 2.45) is 0 Å². The Labute approximate surface area is 134 Å². The Kier molecular flexibility index (Phi) is 2.34. The lowest BCUT2D eigenvalue weighted by molar-refractivity contribution is -0.151. The number of methoxy groups -OCH3 is 1. The van der Waals surface area contributed by atoms with Crippen molar-refractivity contribution >= 4 is 5.78 Å². The molecule has 0 saturated carbocycles. The summed E-state index contributed by atoms with van der Waals surface area (Å²) in [7, 11) is 3.65. The van der Waals surface area contributed by atoms with Gasteiger partial charge < -0.3 is 14.6 Å². The highest BCUT2D eigenvalue weighted by atomic mass is 16.5. The van der Waals surface area contributed by atoms with E-state index in [-0.39, 0.29) is 11.8 Å². The molecule has 23 heavy (non-hydrogen) atoms. The maximum absolute atomic E-state index is 12.6. The van der Waals surface area contributed by atoms with Crippen molar-refractivity contribution in [2.45, 2.75) is 36.0 Å². The SMILES string of the molecule is COc1ccc2c3c1O[C@H]1C(=O)C=C[C@@]4(O)[C@@H](C2)N(C)CCC314. The average molecular weight is 313 g/mol. The van der Waals surface area contributed by atoms with Gasteiger partial charge in [-0.15, -0.1) is 0 Å². The number of rotatable bonds is 1. The molecule has 2 bridgehead atoms. The number of carbonyl (C=O) groups is 1. The highest BCUT2D eigenvalue weighted by molar-refractivity contribution is 5.99. The van der Waals surface area contributed by atoms with E-state index in [1.807, 2.05) is 13.1 Å². The molecule has 0 amide bonds. The quantitative estimate of drug-likeness (QED) is 0.832. The van der Waals surface area contributed by atoms with E-state index in [1.165, 1.54) is 6.08 Å². The zero-order valence-corrected chi connectivity index (χ0v) is 13.2. The Morgan fingerprint density at radius 3 is 3.04 bits per heavy atom. The molecule has 4 atom stereocenters. The zero-order chi connectivity index (χ0) is 16.0. The molecule has 0 radical (unpaired) electrons. The molecule has 5 rings (SSSR count). The smallest absolute Gasteiger partial charge is 0.196 e. The van der Waals surface area contributed by atoms with Crippen LogP contribution in [0.5, 0.6) is 11.5 Å². The van der Waals surface area contributed by atoms with Crippen molar-refractivity contribution in [3.8, 4) is 11.5 Å². The molecule has 1 N–H and O–H groups in total. The minimum absolute atomic E-state index is 0.0430. The fourth-order valence-electron chi connectivity index (χ4n) is 5.28. The molecule has 2 heterocycles. The predicted molar refractivity (Wildman–Crippen MR) is 82.9 cm³/mol. The first kappa shape index (κ1) is 13.6. The topological polar surface area (TPSA) is 59.0 Å². The summed E-state index contributed by atoms with van der Waals surface area (Å²) >= 11 is 0. The van der Waals surface area contributed by atoms with Gasteiger partial charge in [0.05, 0.1) is 12.5 Å². The van der Waals surface area contributed by atoms with Crippen molar-refractivity contribution in [2.75, 3.05) is 20.7 Å². The predicted octanol–water partition coefficient (Wildman–Crippen LogP) is 0.824. The van der Waals surface area contributed by atoms with E-state index >= 15 is 0 Å². The minimum Gasteiger partial charge on any atom is -0.493 e. The van der Waals surface area contributed by atoms with Crippen molar-refractivity contribution in [3.63, 3.8) is 0 Å². The number of aliphatic hydroxyl groups is 1. The highest BCUT2D eigenvalue weighted by Gasteiger charge is 2.71. The molecule has 5 nitrogen and oxygen atoms in total. The lowest BCUT2D eigenvalue weighted by Gasteiger charge is -2.60. The number of ketones is 1. The first-order valence-electron chi connectivity index (χ1n) is 8.05. The van der Waals surface area contributed by atoms with E-state index in [0.717, 1.165) is 24.1 Å². The summed E-state index contributed by atoms with van der Waals surface area (Å²) in [5.41, 5.74) is 0.385. The maximum atomic E-state index is 12.6. The number of benzene rings is 1. The average Bonchev–Trinajstić information content (AvgIpc) is 2.90. The Bertz CT molecular complexity index is 773. The Hall–Kier alpha value is -1.85. The van der Waals surface area contributed by atoms with E-state index < -0.39 is 17.1 Å². The van der Waals surface area contributed by atoms with Crippen LogP contribution in [0, 0.1) is 0 Å². The largest absolute Gasteiger partial charge is 0.493 e. The summed E-state index contributed by atoms with van der Waals surface area (Å²) in [5, 5.41) is 11.7. The number of likely N-dealkylation sites (tertiary alicyclic amines) is 1. The summed E-state index contributed by atoms with van der Waals surface area (Å²) in [4.78, 5) is 14.8. The molecule has 1 saturated heterocycles. The summed E-state index contributed by atoms with van der Waals surface area (Å²) < 4.78 is 11.6. The molecular formula is C18H19NO4. The highest BCUT2D eigenvalue weighted by Crippen LogP contribution is 2.63. The van der Waals surface area contributed by atoms with Crippen LogP contribution in [-0.2, 0) is 16.6 Å². The van der Waals surface area contributed by atoms with Crippen LogP contribution in [0.4, 0.5) is 0 Å². The van der Waals surface area contributed by atoms with Gasteiger partial charge in [0.25, 0.3) is 0 Å². The van der Waals surface area contributed by atoms with Crippen LogP contribution in [0.1, 0.15) is 17.5 Å². The molecule has 2 aliphatic carbocycles. The van der Waals surface area contributed by atoms with Crippen molar-refractivity contribution in [1.82, 2.24) is 4.90 Å². The van der Waals surface area contributed by atoms with Crippen LogP contribution in [0.3, 0.4) is 0 Å². The fraction of sp³-hybridized carbons (Fsp3) is 0.500. The standard InChI is InChI=1S/C18H19NO4/c1-19-8-7-17-14-10-3-4-12(22-2)15(14)23-16(17)11(20)5-6-18(17,21)13(19)9-10/h3-6,13,16,21H,7-9H2,1-2H3/t13-,16+,17?,18-/m1/s1. The van der Waals surface area contributed by atoms with Crippen molar-refractivity contribution in [1.29, 1.82) is 0 Å². The first-order chi connectivity index (χ1) is 11.0. The Balaban J connectivity index is 1.89. The number of hydrogen-bond acceptors (Lipinski definition) is 5. The lowest BCUT2D eigenvalue weighted by atomic mass is 9.51. The second kappa shape index (κ2) is 3.97. The number of nitrogens with zero attached hydrogens (tertiary/aromatic N) is 1. The second-order valence-electron chi connectivity index (χ2n) is 7.11. The van der Waals surface area contributed by atoms with Crippen LogP contribution in [-0.4, -0.2) is 54.2 Å². The van der Waals surface area contributed by atoms with Gasteiger partial charge in [0.2, 0.25) is 0 Å². The van der Waals surface area contributed by atoms with Crippen LogP contribution >= 0.6 is 0 Å². The summed E-state index contributed by atoms with van der Waals surface area (Å²) in [6.45, 7) is 0.837. The molecule has 1 aromatic rings. The fourth-order valence-corrected chi connectivity index (χ4v) is 5.28. The molecule has 1 aromatic carbocycles. The molecular weight excluding hydrogens is 294 g/mol. The monoisotopic (exact) mass is 313 g/mol. The number of ether oxygens (including phenoxy) is 2. The summed E-state index contributed by atoms with van der Waals surface area (Å²) in [6.07, 6.45) is 4.00. The van der Waals surface area contributed by atoms with Gasteiger partial charge in [-0.1, -0.05) is 6.07 Å². The van der Waals surface area contributed by atoms with E-state index in [9.17, 15) is 9.90 Å². The molecule has 2 aliphatic heterocycles. The number of piperidine rings is 1. The maximum Gasteiger partial charge on any atom is 0.196 e. The van der Waals surface area contributed by atoms with Gasteiger partial charge in [-0.3, -0.25) is 9.69 Å². The minimum atomic E-state index is -1.08. The number of hydrogen-bond donors (Lipinski definition) is 1. The number of carbonyl (C=O) groups excluding carboxylic acids is 1. The van der Waals surface area contributed by atoms with Crippen LogP contribution in [0.2, 0.25) is 0 Å². The second-order valence-corrected chi connectivity index (χ2v) is 7.11.